The summed E-state index contributed by atoms with van der Waals surface area (Å²) in [6, 6.07) is 14.7. The Labute approximate surface area is 136 Å². The molecule has 0 fully saturated rings. The molecule has 3 atom stereocenters. The van der Waals surface area contributed by atoms with Gasteiger partial charge < -0.3 is 15.6 Å². The molecular formula is C18H22ClNO2. The number of ether oxygens (including phenoxy) is 1. The Morgan fingerprint density at radius 3 is 2.59 bits per heavy atom. The zero-order valence-electron chi connectivity index (χ0n) is 12.9. The van der Waals surface area contributed by atoms with E-state index in [-0.39, 0.29) is 12.0 Å². The fourth-order valence-corrected chi connectivity index (χ4v) is 2.73. The molecule has 4 heteroatoms. The summed E-state index contributed by atoms with van der Waals surface area (Å²) in [6.45, 7) is 2.04. The van der Waals surface area contributed by atoms with Crippen molar-refractivity contribution in [3.8, 4) is 5.75 Å². The van der Waals surface area contributed by atoms with Crippen LogP contribution in [-0.2, 0) is 6.42 Å². The van der Waals surface area contributed by atoms with E-state index in [2.05, 4.69) is 0 Å². The predicted molar refractivity (Wildman–Crippen MR) is 90.2 cm³/mol. The summed E-state index contributed by atoms with van der Waals surface area (Å²) in [4.78, 5) is 0. The first-order valence-corrected chi connectivity index (χ1v) is 7.71. The average Bonchev–Trinajstić information content (AvgIpc) is 2.53. The van der Waals surface area contributed by atoms with Gasteiger partial charge in [0.2, 0.25) is 0 Å². The summed E-state index contributed by atoms with van der Waals surface area (Å²) in [5, 5.41) is 11.1. The molecule has 0 bridgehead atoms. The highest BCUT2D eigenvalue weighted by atomic mass is 35.5. The molecule has 0 aliphatic carbocycles. The molecule has 0 aliphatic rings. The first kappa shape index (κ1) is 16.8. The van der Waals surface area contributed by atoms with Gasteiger partial charge >= 0.3 is 0 Å². The molecule has 118 valence electrons. The summed E-state index contributed by atoms with van der Waals surface area (Å²) in [5.74, 6) is 0.940. The van der Waals surface area contributed by atoms with Crippen molar-refractivity contribution in [1.29, 1.82) is 0 Å². The maximum Gasteiger partial charge on any atom is 0.119 e. The second-order valence-corrected chi connectivity index (χ2v) is 6.05. The standard InChI is InChI=1S/C18H22ClNO2/c1-12(9-13-5-3-8-16(10-13)22-2)17(20)18(21)14-6-4-7-15(19)11-14/h3-8,10-12,17-18,21H,9,20H2,1-2H3/t12?,17-,18-/m1/s1. The second-order valence-electron chi connectivity index (χ2n) is 5.61. The maximum absolute atomic E-state index is 10.5. The van der Waals surface area contributed by atoms with Gasteiger partial charge in [-0.3, -0.25) is 0 Å². The molecule has 0 aromatic heterocycles. The van der Waals surface area contributed by atoms with Crippen molar-refractivity contribution in [2.75, 3.05) is 7.11 Å². The van der Waals surface area contributed by atoms with Gasteiger partial charge in [0.25, 0.3) is 0 Å². The molecule has 0 aliphatic heterocycles. The Bertz CT molecular complexity index is 618. The molecule has 0 spiro atoms. The van der Waals surface area contributed by atoms with Crippen molar-refractivity contribution in [3.63, 3.8) is 0 Å². The molecule has 0 saturated carbocycles. The number of hydrogen-bond acceptors (Lipinski definition) is 3. The van der Waals surface area contributed by atoms with Crippen LogP contribution in [0.3, 0.4) is 0 Å². The van der Waals surface area contributed by atoms with Crippen molar-refractivity contribution in [1.82, 2.24) is 0 Å². The number of nitrogens with two attached hydrogens (primary N) is 1. The largest absolute Gasteiger partial charge is 0.497 e. The van der Waals surface area contributed by atoms with E-state index in [1.165, 1.54) is 0 Å². The van der Waals surface area contributed by atoms with E-state index >= 15 is 0 Å². The Morgan fingerprint density at radius 2 is 1.91 bits per heavy atom. The average molecular weight is 320 g/mol. The van der Waals surface area contributed by atoms with Crippen LogP contribution in [0.2, 0.25) is 5.02 Å². The maximum atomic E-state index is 10.5. The van der Waals surface area contributed by atoms with Crippen LogP contribution >= 0.6 is 11.6 Å². The van der Waals surface area contributed by atoms with E-state index in [1.807, 2.05) is 43.3 Å². The number of hydrogen-bond donors (Lipinski definition) is 2. The van der Waals surface area contributed by atoms with Gasteiger partial charge in [0.05, 0.1) is 13.2 Å². The van der Waals surface area contributed by atoms with Gasteiger partial charge in [-0.25, -0.2) is 0 Å². The first-order valence-electron chi connectivity index (χ1n) is 7.33. The highest BCUT2D eigenvalue weighted by molar-refractivity contribution is 6.30. The minimum Gasteiger partial charge on any atom is -0.497 e. The van der Waals surface area contributed by atoms with Crippen LogP contribution in [0, 0.1) is 5.92 Å². The third-order valence-corrected chi connectivity index (χ3v) is 4.14. The Morgan fingerprint density at radius 1 is 1.18 bits per heavy atom. The smallest absolute Gasteiger partial charge is 0.119 e. The van der Waals surface area contributed by atoms with Crippen LogP contribution in [0.1, 0.15) is 24.2 Å². The quantitative estimate of drug-likeness (QED) is 0.855. The Hall–Kier alpha value is -1.55. The number of methoxy groups -OCH3 is 1. The minimum atomic E-state index is -0.737. The van der Waals surface area contributed by atoms with Crippen molar-refractivity contribution in [2.24, 2.45) is 11.7 Å². The van der Waals surface area contributed by atoms with E-state index in [0.717, 1.165) is 23.3 Å². The Balaban J connectivity index is 2.06. The molecule has 0 heterocycles. The number of aliphatic hydroxyl groups is 1. The molecule has 0 saturated heterocycles. The molecule has 3 nitrogen and oxygen atoms in total. The lowest BCUT2D eigenvalue weighted by Crippen LogP contribution is -2.36. The van der Waals surface area contributed by atoms with Crippen LogP contribution < -0.4 is 10.5 Å². The SMILES string of the molecule is COc1cccc(CC(C)[C@@H](N)[C@H](O)c2cccc(Cl)c2)c1. The lowest BCUT2D eigenvalue weighted by atomic mass is 9.88. The van der Waals surface area contributed by atoms with Crippen molar-refractivity contribution in [2.45, 2.75) is 25.5 Å². The number of aliphatic hydroxyl groups excluding tert-OH is 1. The van der Waals surface area contributed by atoms with Crippen molar-refractivity contribution < 1.29 is 9.84 Å². The van der Waals surface area contributed by atoms with Crippen LogP contribution in [0.15, 0.2) is 48.5 Å². The van der Waals surface area contributed by atoms with Crippen LogP contribution in [-0.4, -0.2) is 18.3 Å². The van der Waals surface area contributed by atoms with Gasteiger partial charge in [0.1, 0.15) is 5.75 Å². The molecule has 2 rings (SSSR count). The molecule has 3 N–H and O–H groups in total. The summed E-state index contributed by atoms with van der Waals surface area (Å²) >= 11 is 5.97. The second kappa shape index (κ2) is 7.63. The van der Waals surface area contributed by atoms with Crippen LogP contribution in [0.25, 0.3) is 0 Å². The summed E-state index contributed by atoms with van der Waals surface area (Å²) in [5.41, 5.74) is 8.12. The number of rotatable bonds is 6. The van der Waals surface area contributed by atoms with Crippen LogP contribution in [0.4, 0.5) is 0 Å². The van der Waals surface area contributed by atoms with Gasteiger partial charge in [-0.15, -0.1) is 0 Å². The lowest BCUT2D eigenvalue weighted by Gasteiger charge is -2.25. The van der Waals surface area contributed by atoms with Gasteiger partial charge in [0.15, 0.2) is 0 Å². The summed E-state index contributed by atoms with van der Waals surface area (Å²) in [6.07, 6.45) is 0.0370. The lowest BCUT2D eigenvalue weighted by molar-refractivity contribution is 0.121. The number of benzene rings is 2. The fraction of sp³-hybridized carbons (Fsp3) is 0.333. The number of halogens is 1. The molecule has 0 amide bonds. The van der Waals surface area contributed by atoms with E-state index in [9.17, 15) is 5.11 Å². The highest BCUT2D eigenvalue weighted by Crippen LogP contribution is 2.25. The monoisotopic (exact) mass is 319 g/mol. The normalized spacial score (nSPS) is 15.1. The van der Waals surface area contributed by atoms with Gasteiger partial charge in [-0.05, 0) is 47.7 Å². The molecule has 2 aromatic carbocycles. The van der Waals surface area contributed by atoms with E-state index in [0.29, 0.717) is 5.02 Å². The first-order chi connectivity index (χ1) is 10.5. The third-order valence-electron chi connectivity index (χ3n) is 3.90. The van der Waals surface area contributed by atoms with E-state index in [1.54, 1.807) is 19.2 Å². The zero-order valence-corrected chi connectivity index (χ0v) is 13.6. The molecule has 0 radical (unpaired) electrons. The topological polar surface area (TPSA) is 55.5 Å². The van der Waals surface area contributed by atoms with E-state index in [4.69, 9.17) is 22.1 Å². The summed E-state index contributed by atoms with van der Waals surface area (Å²) < 4.78 is 5.23. The molecular weight excluding hydrogens is 298 g/mol. The Kier molecular flexibility index (Phi) is 5.83. The van der Waals surface area contributed by atoms with Gasteiger partial charge in [0, 0.05) is 11.1 Å². The minimum absolute atomic E-state index is 0.112. The fourth-order valence-electron chi connectivity index (χ4n) is 2.53. The highest BCUT2D eigenvalue weighted by Gasteiger charge is 2.23. The van der Waals surface area contributed by atoms with Gasteiger partial charge in [-0.2, -0.15) is 0 Å². The van der Waals surface area contributed by atoms with E-state index < -0.39 is 6.10 Å². The molecule has 2 aromatic rings. The van der Waals surface area contributed by atoms with Crippen molar-refractivity contribution >= 4 is 11.6 Å². The van der Waals surface area contributed by atoms with Crippen molar-refractivity contribution in [3.05, 3.63) is 64.7 Å². The van der Waals surface area contributed by atoms with Crippen LogP contribution in [0.5, 0.6) is 5.75 Å². The third kappa shape index (κ3) is 4.23. The molecule has 22 heavy (non-hydrogen) atoms. The molecule has 1 unspecified atom stereocenters. The summed E-state index contributed by atoms with van der Waals surface area (Å²) in [7, 11) is 1.65. The predicted octanol–water partition coefficient (Wildman–Crippen LogP) is 3.59. The van der Waals surface area contributed by atoms with Gasteiger partial charge in [-0.1, -0.05) is 42.8 Å². The zero-order chi connectivity index (χ0) is 16.1.